The molecule has 0 saturated carbocycles. The largest absolute Gasteiger partial charge is 0.351 e. The predicted octanol–water partition coefficient (Wildman–Crippen LogP) is 2.20. The summed E-state index contributed by atoms with van der Waals surface area (Å²) in [6, 6.07) is 7.90. The normalized spacial score (nSPS) is 16.0. The molecule has 1 aliphatic rings. The van der Waals surface area contributed by atoms with Crippen molar-refractivity contribution in [2.24, 2.45) is 0 Å². The van der Waals surface area contributed by atoms with Crippen LogP contribution in [0.2, 0.25) is 0 Å². The third-order valence-corrected chi connectivity index (χ3v) is 4.39. The van der Waals surface area contributed by atoms with Gasteiger partial charge in [-0.15, -0.1) is 0 Å². The fraction of sp³-hybridized carbons (Fsp3) is 0.278. The van der Waals surface area contributed by atoms with Crippen molar-refractivity contribution in [1.29, 1.82) is 0 Å². The second-order valence-electron chi connectivity index (χ2n) is 5.78. The van der Waals surface area contributed by atoms with E-state index >= 15 is 0 Å². The highest BCUT2D eigenvalue weighted by Crippen LogP contribution is 2.29. The molecule has 0 aliphatic heterocycles. The molecule has 118 valence electrons. The SMILES string of the molecule is Cc1n[nH]c(=O)c(CNC(=O)C2CC=Cc3ccccc32)c1C. The fourth-order valence-corrected chi connectivity index (χ4v) is 2.87. The van der Waals surface area contributed by atoms with Gasteiger partial charge in [0.15, 0.2) is 0 Å². The van der Waals surface area contributed by atoms with Crippen LogP contribution in [-0.4, -0.2) is 16.1 Å². The number of hydrogen-bond donors (Lipinski definition) is 2. The molecular formula is C18H19N3O2. The molecule has 1 atom stereocenters. The number of rotatable bonds is 3. The molecule has 1 aromatic heterocycles. The van der Waals surface area contributed by atoms with Gasteiger partial charge < -0.3 is 5.32 Å². The molecular weight excluding hydrogens is 290 g/mol. The first kappa shape index (κ1) is 15.2. The van der Waals surface area contributed by atoms with E-state index in [4.69, 9.17) is 0 Å². The maximum absolute atomic E-state index is 12.6. The van der Waals surface area contributed by atoms with Gasteiger partial charge in [-0.2, -0.15) is 5.10 Å². The highest BCUT2D eigenvalue weighted by molar-refractivity contribution is 5.86. The molecule has 5 heteroatoms. The number of carbonyl (C=O) groups excluding carboxylic acids is 1. The summed E-state index contributed by atoms with van der Waals surface area (Å²) in [7, 11) is 0. The van der Waals surface area contributed by atoms with Crippen LogP contribution in [0.1, 0.15) is 40.3 Å². The third-order valence-electron chi connectivity index (χ3n) is 4.39. The summed E-state index contributed by atoms with van der Waals surface area (Å²) in [5, 5.41) is 9.28. The Morgan fingerprint density at radius 2 is 2.13 bits per heavy atom. The zero-order valence-electron chi connectivity index (χ0n) is 13.2. The standard InChI is InChI=1S/C18H19N3O2/c1-11-12(2)20-21-18(23)16(11)10-19-17(22)15-9-5-7-13-6-3-4-8-14(13)15/h3-8,15H,9-10H2,1-2H3,(H,19,22)(H,21,23). The van der Waals surface area contributed by atoms with Crippen LogP contribution in [-0.2, 0) is 11.3 Å². The predicted molar refractivity (Wildman–Crippen MR) is 89.0 cm³/mol. The van der Waals surface area contributed by atoms with Crippen molar-refractivity contribution in [3.63, 3.8) is 0 Å². The number of fused-ring (bicyclic) bond motifs is 1. The van der Waals surface area contributed by atoms with E-state index in [-0.39, 0.29) is 23.9 Å². The zero-order valence-corrected chi connectivity index (χ0v) is 13.2. The van der Waals surface area contributed by atoms with E-state index in [9.17, 15) is 9.59 Å². The number of aromatic amines is 1. The Morgan fingerprint density at radius 3 is 2.96 bits per heavy atom. The molecule has 3 rings (SSSR count). The van der Waals surface area contributed by atoms with E-state index in [2.05, 4.69) is 15.5 Å². The monoisotopic (exact) mass is 309 g/mol. The number of allylic oxidation sites excluding steroid dienone is 1. The second kappa shape index (κ2) is 6.20. The van der Waals surface area contributed by atoms with E-state index in [0.29, 0.717) is 12.0 Å². The number of carbonyl (C=O) groups is 1. The number of aryl methyl sites for hydroxylation is 1. The van der Waals surface area contributed by atoms with Gasteiger partial charge in [0, 0.05) is 12.1 Å². The minimum Gasteiger partial charge on any atom is -0.351 e. The van der Waals surface area contributed by atoms with Crippen LogP contribution in [0.4, 0.5) is 0 Å². The number of hydrogen-bond acceptors (Lipinski definition) is 3. The summed E-state index contributed by atoms with van der Waals surface area (Å²) >= 11 is 0. The van der Waals surface area contributed by atoms with Gasteiger partial charge in [-0.1, -0.05) is 36.4 Å². The zero-order chi connectivity index (χ0) is 16.4. The van der Waals surface area contributed by atoms with Crippen molar-refractivity contribution >= 4 is 12.0 Å². The minimum absolute atomic E-state index is 0.0601. The van der Waals surface area contributed by atoms with Crippen LogP contribution in [0.3, 0.4) is 0 Å². The van der Waals surface area contributed by atoms with Gasteiger partial charge >= 0.3 is 0 Å². The van der Waals surface area contributed by atoms with Crippen molar-refractivity contribution in [1.82, 2.24) is 15.5 Å². The highest BCUT2D eigenvalue weighted by Gasteiger charge is 2.23. The van der Waals surface area contributed by atoms with Crippen LogP contribution in [0.25, 0.3) is 6.08 Å². The molecule has 0 spiro atoms. The molecule has 1 aliphatic carbocycles. The van der Waals surface area contributed by atoms with E-state index < -0.39 is 0 Å². The van der Waals surface area contributed by atoms with Crippen molar-refractivity contribution in [2.45, 2.75) is 32.7 Å². The summed E-state index contributed by atoms with van der Waals surface area (Å²) in [5.41, 5.74) is 4.00. The van der Waals surface area contributed by atoms with Gasteiger partial charge in [0.1, 0.15) is 0 Å². The molecule has 0 fully saturated rings. The fourth-order valence-electron chi connectivity index (χ4n) is 2.87. The van der Waals surface area contributed by atoms with Crippen LogP contribution < -0.4 is 10.9 Å². The van der Waals surface area contributed by atoms with Crippen molar-refractivity contribution in [3.8, 4) is 0 Å². The number of aromatic nitrogens is 2. The lowest BCUT2D eigenvalue weighted by molar-refractivity contribution is -0.122. The summed E-state index contributed by atoms with van der Waals surface area (Å²) in [4.78, 5) is 24.5. The molecule has 0 saturated heterocycles. The molecule has 1 aromatic carbocycles. The molecule has 23 heavy (non-hydrogen) atoms. The van der Waals surface area contributed by atoms with E-state index in [1.807, 2.05) is 50.3 Å². The van der Waals surface area contributed by atoms with E-state index in [1.54, 1.807) is 0 Å². The third kappa shape index (κ3) is 2.95. The molecule has 1 unspecified atom stereocenters. The topological polar surface area (TPSA) is 74.8 Å². The summed E-state index contributed by atoms with van der Waals surface area (Å²) < 4.78 is 0. The molecule has 2 N–H and O–H groups in total. The molecule has 5 nitrogen and oxygen atoms in total. The van der Waals surface area contributed by atoms with Gasteiger partial charge in [0.25, 0.3) is 5.56 Å². The average Bonchev–Trinajstić information content (AvgIpc) is 2.57. The van der Waals surface area contributed by atoms with E-state index in [0.717, 1.165) is 22.4 Å². The Kier molecular flexibility index (Phi) is 4.10. The Morgan fingerprint density at radius 1 is 1.35 bits per heavy atom. The highest BCUT2D eigenvalue weighted by atomic mass is 16.2. The average molecular weight is 309 g/mol. The molecule has 0 bridgehead atoms. The Hall–Kier alpha value is -2.69. The maximum atomic E-state index is 12.6. The number of H-pyrrole nitrogens is 1. The number of amides is 1. The van der Waals surface area contributed by atoms with Gasteiger partial charge in [-0.3, -0.25) is 9.59 Å². The van der Waals surface area contributed by atoms with Crippen LogP contribution in [0.15, 0.2) is 35.1 Å². The lowest BCUT2D eigenvalue weighted by Gasteiger charge is -2.21. The van der Waals surface area contributed by atoms with Crippen LogP contribution >= 0.6 is 0 Å². The van der Waals surface area contributed by atoms with Gasteiger partial charge in [-0.25, -0.2) is 5.10 Å². The summed E-state index contributed by atoms with van der Waals surface area (Å²) in [6.45, 7) is 3.89. The summed E-state index contributed by atoms with van der Waals surface area (Å²) in [6.07, 6.45) is 4.73. The van der Waals surface area contributed by atoms with Crippen molar-refractivity contribution < 1.29 is 4.79 Å². The number of nitrogens with one attached hydrogen (secondary N) is 2. The van der Waals surface area contributed by atoms with E-state index in [1.165, 1.54) is 0 Å². The lowest BCUT2D eigenvalue weighted by Crippen LogP contribution is -2.32. The van der Waals surface area contributed by atoms with Crippen LogP contribution in [0, 0.1) is 13.8 Å². The second-order valence-corrected chi connectivity index (χ2v) is 5.78. The molecule has 1 amide bonds. The smallest absolute Gasteiger partial charge is 0.269 e. The first-order chi connectivity index (χ1) is 11.1. The molecule has 0 radical (unpaired) electrons. The van der Waals surface area contributed by atoms with Gasteiger partial charge in [0.2, 0.25) is 5.91 Å². The van der Waals surface area contributed by atoms with Gasteiger partial charge in [-0.05, 0) is 37.0 Å². The summed E-state index contributed by atoms with van der Waals surface area (Å²) in [5.74, 6) is -0.270. The first-order valence-electron chi connectivity index (χ1n) is 7.66. The maximum Gasteiger partial charge on any atom is 0.269 e. The molecule has 2 aromatic rings. The van der Waals surface area contributed by atoms with Crippen molar-refractivity contribution in [3.05, 3.63) is 68.6 Å². The first-order valence-corrected chi connectivity index (χ1v) is 7.66. The number of nitrogens with zero attached hydrogens (tertiary/aromatic N) is 1. The minimum atomic E-state index is -0.252. The van der Waals surface area contributed by atoms with Crippen LogP contribution in [0.5, 0.6) is 0 Å². The Bertz CT molecular complexity index is 836. The quantitative estimate of drug-likeness (QED) is 0.913. The van der Waals surface area contributed by atoms with Gasteiger partial charge in [0.05, 0.1) is 11.6 Å². The Balaban J connectivity index is 1.78. The van der Waals surface area contributed by atoms with Crippen molar-refractivity contribution in [2.75, 3.05) is 0 Å². The Labute approximate surface area is 134 Å². The number of benzene rings is 1. The molecule has 1 heterocycles. The lowest BCUT2D eigenvalue weighted by atomic mass is 9.86.